The van der Waals surface area contributed by atoms with Gasteiger partial charge in [-0.25, -0.2) is 10.4 Å². The number of cyclic esters (lactones) is 1. The lowest BCUT2D eigenvalue weighted by Gasteiger charge is -2.44. The number of hydrazine groups is 1. The molecule has 6 atom stereocenters. The first kappa shape index (κ1) is 49.7. The highest BCUT2D eigenvalue weighted by molar-refractivity contribution is 7.10. The van der Waals surface area contributed by atoms with E-state index >= 15 is 0 Å². The summed E-state index contributed by atoms with van der Waals surface area (Å²) >= 11 is 1.52. The minimum absolute atomic E-state index is 0.0724. The van der Waals surface area contributed by atoms with E-state index in [1.807, 2.05) is 6.20 Å². The Morgan fingerprint density at radius 3 is 2.72 bits per heavy atom. The molecule has 2 amide bonds. The van der Waals surface area contributed by atoms with Crippen molar-refractivity contribution in [3.63, 3.8) is 0 Å². The molecular formula is C55H76N10O6S. The van der Waals surface area contributed by atoms with Crippen LogP contribution in [0.15, 0.2) is 35.8 Å². The lowest BCUT2D eigenvalue weighted by Crippen LogP contribution is -2.62. The number of esters is 1. The van der Waals surface area contributed by atoms with Crippen molar-refractivity contribution in [2.45, 2.75) is 129 Å². The summed E-state index contributed by atoms with van der Waals surface area (Å²) in [7, 11) is 1.74. The molecule has 3 aromatic heterocycles. The number of likely N-dealkylation sites (tertiary alicyclic amines) is 1. The van der Waals surface area contributed by atoms with E-state index in [2.05, 4.69) is 92.7 Å². The molecule has 6 aliphatic heterocycles. The second-order valence-corrected chi connectivity index (χ2v) is 23.8. The molecule has 17 heteroatoms. The van der Waals surface area contributed by atoms with Crippen LogP contribution in [0.25, 0.3) is 33.4 Å². The molecule has 4 aromatic rings. The van der Waals surface area contributed by atoms with Gasteiger partial charge in [0.25, 0.3) is 5.91 Å². The van der Waals surface area contributed by atoms with Gasteiger partial charge in [0.15, 0.2) is 0 Å². The van der Waals surface area contributed by atoms with E-state index in [0.717, 1.165) is 159 Å². The van der Waals surface area contributed by atoms with Crippen molar-refractivity contribution >= 4 is 45.7 Å². The monoisotopic (exact) mass is 1000 g/mol. The number of amides is 2. The average Bonchev–Trinajstić information content (AvgIpc) is 4.28. The van der Waals surface area contributed by atoms with Gasteiger partial charge in [-0.1, -0.05) is 32.8 Å². The van der Waals surface area contributed by atoms with Crippen molar-refractivity contribution in [1.29, 1.82) is 0 Å². The maximum absolute atomic E-state index is 14.9. The largest absolute Gasteiger partial charge is 0.464 e. The minimum Gasteiger partial charge on any atom is -0.464 e. The van der Waals surface area contributed by atoms with E-state index in [0.29, 0.717) is 38.4 Å². The molecule has 1 aromatic carbocycles. The Morgan fingerprint density at radius 2 is 1.92 bits per heavy atom. The number of aromatic nitrogens is 3. The van der Waals surface area contributed by atoms with Crippen molar-refractivity contribution in [1.82, 2.24) is 45.4 Å². The van der Waals surface area contributed by atoms with Crippen molar-refractivity contribution in [3.05, 3.63) is 52.1 Å². The number of piperazine rings is 1. The van der Waals surface area contributed by atoms with Crippen LogP contribution in [0.1, 0.15) is 101 Å². The summed E-state index contributed by atoms with van der Waals surface area (Å²) in [6, 6.07) is 7.41. The number of rotatable bonds is 9. The van der Waals surface area contributed by atoms with Gasteiger partial charge < -0.3 is 34.3 Å². The Morgan fingerprint density at radius 1 is 1.06 bits per heavy atom. The van der Waals surface area contributed by atoms with Gasteiger partial charge in [0.05, 0.1) is 72.0 Å². The molecule has 1 aliphatic carbocycles. The van der Waals surface area contributed by atoms with Crippen LogP contribution in [0.4, 0.5) is 5.69 Å². The number of ether oxygens (including phenoxy) is 3. The molecule has 6 fully saturated rings. The number of benzene rings is 1. The van der Waals surface area contributed by atoms with Gasteiger partial charge >= 0.3 is 5.97 Å². The number of morpholine rings is 1. The Balaban J connectivity index is 0.976. The van der Waals surface area contributed by atoms with E-state index in [1.165, 1.54) is 11.3 Å². The topological polar surface area (TPSA) is 159 Å². The molecule has 9 heterocycles. The fourth-order valence-corrected chi connectivity index (χ4v) is 14.2. The van der Waals surface area contributed by atoms with Crippen LogP contribution in [-0.4, -0.2) is 157 Å². The van der Waals surface area contributed by atoms with Gasteiger partial charge in [0.2, 0.25) is 5.91 Å². The Labute approximate surface area is 428 Å². The summed E-state index contributed by atoms with van der Waals surface area (Å²) in [5.41, 5.74) is 11.1. The van der Waals surface area contributed by atoms with Gasteiger partial charge in [-0.3, -0.25) is 34.2 Å². The standard InChI is InChI=1S/C55H76N10O6S/c1-6-64-46-14-13-37-24-40(46)42(50(64)41-25-38(28-57-48(41)35(2)69-5)62-21-20-61-22-23-70-30-39(61)29-62)27-54(3,4)34-71-53(68)43-12-9-18-65(60-43)52(67)44(26-47-58-45(37)31-72-47)59-51(66)49(36-10-7-8-11-36)63-19-16-55(33-63)15-17-56-32-55/h13-14,24-25,28,31,35-36,39,43-44,49,56,60H,6-12,15-23,26-27,29-30,32-34H2,1-5H3,(H,59,66)/t35-,39-,43-,44-,49-,55-/m0/s1. The Hall–Kier alpha value is -4.49. The molecule has 5 saturated heterocycles. The van der Waals surface area contributed by atoms with Gasteiger partial charge in [-0.2, -0.15) is 0 Å². The van der Waals surface area contributed by atoms with E-state index in [9.17, 15) is 14.4 Å². The van der Waals surface area contributed by atoms with E-state index in [1.54, 1.807) is 12.1 Å². The molecule has 1 saturated carbocycles. The molecule has 72 heavy (non-hydrogen) atoms. The van der Waals surface area contributed by atoms with Gasteiger partial charge in [0, 0.05) is 98.7 Å². The Bertz CT molecular complexity index is 2640. The Kier molecular flexibility index (Phi) is 14.3. The summed E-state index contributed by atoms with van der Waals surface area (Å²) in [5, 5.41) is 12.4. The number of carbonyl (C=O) groups excluding carboxylic acids is 3. The van der Waals surface area contributed by atoms with Crippen LogP contribution in [0, 0.1) is 16.7 Å². The molecule has 1 spiro atoms. The number of carbonyl (C=O) groups is 3. The number of pyridine rings is 1. The summed E-state index contributed by atoms with van der Waals surface area (Å²) in [6.07, 6.45) is 10.2. The number of fused-ring (bicyclic) bond motifs is 7. The van der Waals surface area contributed by atoms with Gasteiger partial charge in [-0.15, -0.1) is 11.3 Å². The zero-order valence-electron chi connectivity index (χ0n) is 43.2. The van der Waals surface area contributed by atoms with Crippen LogP contribution in [-0.2, 0) is 48.0 Å². The molecule has 3 N–H and O–H groups in total. The van der Waals surface area contributed by atoms with E-state index < -0.39 is 17.5 Å². The summed E-state index contributed by atoms with van der Waals surface area (Å²) in [4.78, 5) is 61.9. The zero-order valence-corrected chi connectivity index (χ0v) is 44.0. The quantitative estimate of drug-likeness (QED) is 0.169. The SMILES string of the molecule is CCn1c(-c2cc(N3CCN4CCOC[C@@H]4C3)cnc2[C@H](C)OC)c2c3cc(ccc31)-c1csc(n1)C[C@H](NC(=O)[C@H](C1CCCC1)N1CC[C@]3(CCNC3)C1)C(=O)N1CCC[C@H](N1)C(=O)OCC(C)(C)C2. The van der Waals surface area contributed by atoms with E-state index in [4.69, 9.17) is 24.2 Å². The summed E-state index contributed by atoms with van der Waals surface area (Å²) in [5.74, 6) is -0.463. The minimum atomic E-state index is -0.881. The van der Waals surface area contributed by atoms with Crippen LogP contribution < -0.4 is 21.0 Å². The predicted molar refractivity (Wildman–Crippen MR) is 280 cm³/mol. The fraction of sp³-hybridized carbons (Fsp3) is 0.655. The lowest BCUT2D eigenvalue weighted by atomic mass is 9.84. The molecule has 0 radical (unpaired) electrons. The first-order chi connectivity index (χ1) is 34.9. The second-order valence-electron chi connectivity index (χ2n) is 22.8. The lowest BCUT2D eigenvalue weighted by molar-refractivity contribution is -0.155. The highest BCUT2D eigenvalue weighted by Crippen LogP contribution is 2.44. The van der Waals surface area contributed by atoms with Crippen molar-refractivity contribution in [2.75, 3.05) is 90.7 Å². The average molecular weight is 1010 g/mol. The highest BCUT2D eigenvalue weighted by atomic mass is 32.1. The summed E-state index contributed by atoms with van der Waals surface area (Å²) in [6.45, 7) is 18.9. The normalized spacial score (nSPS) is 27.5. The molecule has 7 aliphatic rings. The molecule has 11 rings (SSSR count). The number of hydrogen-bond acceptors (Lipinski definition) is 14. The maximum Gasteiger partial charge on any atom is 0.324 e. The molecule has 388 valence electrons. The zero-order chi connectivity index (χ0) is 49.7. The smallest absolute Gasteiger partial charge is 0.324 e. The first-order valence-electron chi connectivity index (χ1n) is 27.1. The van der Waals surface area contributed by atoms with Crippen molar-refractivity contribution in [3.8, 4) is 22.5 Å². The number of thiazole rings is 1. The number of methoxy groups -OCH3 is 1. The highest BCUT2D eigenvalue weighted by Gasteiger charge is 2.47. The number of aryl methyl sites for hydroxylation is 1. The number of nitrogens with zero attached hydrogens (tertiary/aromatic N) is 7. The molecular weight excluding hydrogens is 929 g/mol. The predicted octanol–water partition coefficient (Wildman–Crippen LogP) is 5.97. The number of hydrogen-bond donors (Lipinski definition) is 3. The molecule has 16 nitrogen and oxygen atoms in total. The van der Waals surface area contributed by atoms with E-state index in [-0.39, 0.29) is 54.3 Å². The number of nitrogens with one attached hydrogen (secondary N) is 3. The van der Waals surface area contributed by atoms with Crippen LogP contribution in [0.3, 0.4) is 0 Å². The third kappa shape index (κ3) is 9.83. The third-order valence-corrected chi connectivity index (χ3v) is 18.2. The molecule has 6 bridgehead atoms. The van der Waals surface area contributed by atoms with Gasteiger partial charge in [-0.05, 0) is 107 Å². The number of anilines is 1. The van der Waals surface area contributed by atoms with Gasteiger partial charge in [0.1, 0.15) is 12.1 Å². The molecule has 0 unspecified atom stereocenters. The third-order valence-electron chi connectivity index (χ3n) is 17.3. The fourth-order valence-electron chi connectivity index (χ4n) is 13.3. The second kappa shape index (κ2) is 20.7. The van der Waals surface area contributed by atoms with Crippen molar-refractivity contribution in [2.24, 2.45) is 16.7 Å². The van der Waals surface area contributed by atoms with Crippen molar-refractivity contribution < 1.29 is 28.6 Å². The van der Waals surface area contributed by atoms with Crippen LogP contribution in [0.2, 0.25) is 0 Å². The first-order valence-corrected chi connectivity index (χ1v) is 28.0. The van der Waals surface area contributed by atoms with Crippen LogP contribution >= 0.6 is 11.3 Å². The summed E-state index contributed by atoms with van der Waals surface area (Å²) < 4.78 is 20.7. The maximum atomic E-state index is 14.9. The van der Waals surface area contributed by atoms with Crippen LogP contribution in [0.5, 0.6) is 0 Å².